The SMILES string of the molecule is O=C(O)N1CC2CNCC(C1)N2. The van der Waals surface area contributed by atoms with Crippen LogP contribution in [-0.4, -0.2) is 54.4 Å². The number of rotatable bonds is 0. The highest BCUT2D eigenvalue weighted by Gasteiger charge is 2.31. The van der Waals surface area contributed by atoms with Crippen LogP contribution < -0.4 is 10.6 Å². The van der Waals surface area contributed by atoms with Crippen molar-refractivity contribution in [2.75, 3.05) is 26.2 Å². The van der Waals surface area contributed by atoms with E-state index in [0.717, 1.165) is 13.1 Å². The Labute approximate surface area is 70.7 Å². The average molecular weight is 171 g/mol. The lowest BCUT2D eigenvalue weighted by molar-refractivity contribution is 0.105. The number of carbonyl (C=O) groups is 1. The zero-order chi connectivity index (χ0) is 8.55. The van der Waals surface area contributed by atoms with Gasteiger partial charge in [0, 0.05) is 38.3 Å². The topological polar surface area (TPSA) is 64.6 Å². The van der Waals surface area contributed by atoms with Crippen LogP contribution in [0.25, 0.3) is 0 Å². The normalized spacial score (nSPS) is 34.8. The third-order valence-electron chi connectivity index (χ3n) is 2.40. The molecule has 12 heavy (non-hydrogen) atoms. The van der Waals surface area contributed by atoms with Crippen molar-refractivity contribution >= 4 is 6.09 Å². The molecule has 0 aromatic rings. The van der Waals surface area contributed by atoms with Gasteiger partial charge in [0.05, 0.1) is 0 Å². The summed E-state index contributed by atoms with van der Waals surface area (Å²) in [6, 6.07) is 0.599. The Morgan fingerprint density at radius 3 is 2.42 bits per heavy atom. The van der Waals surface area contributed by atoms with E-state index in [-0.39, 0.29) is 0 Å². The predicted octanol–water partition coefficient (Wildman–Crippen LogP) is -1.09. The molecule has 0 aliphatic carbocycles. The summed E-state index contributed by atoms with van der Waals surface area (Å²) < 4.78 is 0. The minimum atomic E-state index is -0.798. The first-order chi connectivity index (χ1) is 5.75. The summed E-state index contributed by atoms with van der Waals surface area (Å²) in [5.74, 6) is 0. The zero-order valence-corrected chi connectivity index (χ0v) is 6.79. The van der Waals surface area contributed by atoms with Gasteiger partial charge in [0.15, 0.2) is 0 Å². The number of nitrogens with zero attached hydrogens (tertiary/aromatic N) is 1. The summed E-state index contributed by atoms with van der Waals surface area (Å²) >= 11 is 0. The summed E-state index contributed by atoms with van der Waals surface area (Å²) in [6.07, 6.45) is -0.798. The fraction of sp³-hybridized carbons (Fsp3) is 0.857. The van der Waals surface area contributed by atoms with Crippen molar-refractivity contribution in [2.24, 2.45) is 0 Å². The van der Waals surface area contributed by atoms with Crippen molar-refractivity contribution in [3.63, 3.8) is 0 Å². The van der Waals surface area contributed by atoms with E-state index < -0.39 is 6.09 Å². The molecule has 0 aromatic carbocycles. The predicted molar refractivity (Wildman–Crippen MR) is 43.2 cm³/mol. The van der Waals surface area contributed by atoms with E-state index in [1.807, 2.05) is 0 Å². The first-order valence-electron chi connectivity index (χ1n) is 4.20. The molecule has 2 heterocycles. The van der Waals surface area contributed by atoms with Crippen LogP contribution in [0.5, 0.6) is 0 Å². The number of hydrogen-bond donors (Lipinski definition) is 3. The Hall–Kier alpha value is -0.810. The van der Waals surface area contributed by atoms with E-state index in [1.165, 1.54) is 4.90 Å². The molecule has 2 saturated heterocycles. The van der Waals surface area contributed by atoms with Crippen molar-refractivity contribution in [2.45, 2.75) is 12.1 Å². The first-order valence-corrected chi connectivity index (χ1v) is 4.20. The zero-order valence-electron chi connectivity index (χ0n) is 6.79. The Morgan fingerprint density at radius 1 is 1.33 bits per heavy atom. The summed E-state index contributed by atoms with van der Waals surface area (Å²) in [6.45, 7) is 2.97. The molecule has 0 radical (unpaired) electrons. The molecular weight excluding hydrogens is 158 g/mol. The van der Waals surface area contributed by atoms with E-state index >= 15 is 0 Å². The third kappa shape index (κ3) is 1.37. The van der Waals surface area contributed by atoms with Gasteiger partial charge in [0.2, 0.25) is 0 Å². The molecule has 2 aliphatic heterocycles. The molecule has 0 aromatic heterocycles. The molecule has 5 nitrogen and oxygen atoms in total. The van der Waals surface area contributed by atoms with Crippen LogP contribution in [-0.2, 0) is 0 Å². The maximum Gasteiger partial charge on any atom is 0.407 e. The quantitative estimate of drug-likeness (QED) is 0.433. The fourth-order valence-corrected chi connectivity index (χ4v) is 1.88. The number of piperazine rings is 2. The van der Waals surface area contributed by atoms with Gasteiger partial charge in [-0.1, -0.05) is 0 Å². The summed E-state index contributed by atoms with van der Waals surface area (Å²) in [7, 11) is 0. The van der Waals surface area contributed by atoms with Crippen LogP contribution in [0, 0.1) is 0 Å². The highest BCUT2D eigenvalue weighted by molar-refractivity contribution is 5.65. The van der Waals surface area contributed by atoms with Crippen molar-refractivity contribution in [1.82, 2.24) is 15.5 Å². The second-order valence-corrected chi connectivity index (χ2v) is 3.41. The third-order valence-corrected chi connectivity index (χ3v) is 2.40. The maximum absolute atomic E-state index is 10.7. The molecule has 1 amide bonds. The minimum Gasteiger partial charge on any atom is -0.465 e. The first kappa shape index (κ1) is 7.82. The van der Waals surface area contributed by atoms with Crippen molar-refractivity contribution in [3.05, 3.63) is 0 Å². The molecule has 2 rings (SSSR count). The minimum absolute atomic E-state index is 0.300. The van der Waals surface area contributed by atoms with Crippen molar-refractivity contribution in [3.8, 4) is 0 Å². The average Bonchev–Trinajstić information content (AvgIpc) is 2.03. The molecule has 5 heteroatoms. The fourth-order valence-electron chi connectivity index (χ4n) is 1.88. The van der Waals surface area contributed by atoms with E-state index in [4.69, 9.17) is 5.11 Å². The molecule has 68 valence electrons. The lowest BCUT2D eigenvalue weighted by Gasteiger charge is -2.41. The lowest BCUT2D eigenvalue weighted by Crippen LogP contribution is -2.66. The number of nitrogens with one attached hydrogen (secondary N) is 2. The standard InChI is InChI=1S/C7H13N3O2/c11-7(12)10-3-5-1-8-2-6(4-10)9-5/h5-6,8-9H,1-4H2,(H,11,12). The Bertz CT molecular complexity index is 185. The molecule has 2 aliphatic rings. The van der Waals surface area contributed by atoms with Crippen molar-refractivity contribution in [1.29, 1.82) is 0 Å². The van der Waals surface area contributed by atoms with Gasteiger partial charge in [-0.25, -0.2) is 4.79 Å². The van der Waals surface area contributed by atoms with Crippen LogP contribution in [0.15, 0.2) is 0 Å². The Balaban J connectivity index is 2.00. The number of carboxylic acid groups (broad SMARTS) is 1. The highest BCUT2D eigenvalue weighted by Crippen LogP contribution is 2.07. The van der Waals surface area contributed by atoms with Gasteiger partial charge in [-0.05, 0) is 0 Å². The monoisotopic (exact) mass is 171 g/mol. The second kappa shape index (κ2) is 2.91. The summed E-state index contributed by atoms with van der Waals surface area (Å²) in [5.41, 5.74) is 0. The molecule has 2 unspecified atom stereocenters. The summed E-state index contributed by atoms with van der Waals surface area (Å²) in [5, 5.41) is 15.4. The van der Waals surface area contributed by atoms with Gasteiger partial charge >= 0.3 is 6.09 Å². The maximum atomic E-state index is 10.7. The lowest BCUT2D eigenvalue weighted by atomic mass is 10.1. The van der Waals surface area contributed by atoms with Gasteiger partial charge in [0.25, 0.3) is 0 Å². The van der Waals surface area contributed by atoms with Gasteiger partial charge in [0.1, 0.15) is 0 Å². The van der Waals surface area contributed by atoms with E-state index in [2.05, 4.69) is 10.6 Å². The Morgan fingerprint density at radius 2 is 1.92 bits per heavy atom. The molecule has 0 saturated carbocycles. The number of amides is 1. The van der Waals surface area contributed by atoms with E-state index in [9.17, 15) is 4.79 Å². The van der Waals surface area contributed by atoms with Crippen LogP contribution in [0.2, 0.25) is 0 Å². The molecule has 3 N–H and O–H groups in total. The van der Waals surface area contributed by atoms with Gasteiger partial charge < -0.3 is 20.6 Å². The van der Waals surface area contributed by atoms with E-state index in [0.29, 0.717) is 25.2 Å². The van der Waals surface area contributed by atoms with Crippen LogP contribution >= 0.6 is 0 Å². The number of fused-ring (bicyclic) bond motifs is 2. The second-order valence-electron chi connectivity index (χ2n) is 3.41. The summed E-state index contributed by atoms with van der Waals surface area (Å²) in [4.78, 5) is 12.2. The Kier molecular flexibility index (Phi) is 1.90. The van der Waals surface area contributed by atoms with Gasteiger partial charge in [-0.15, -0.1) is 0 Å². The highest BCUT2D eigenvalue weighted by atomic mass is 16.4. The molecule has 0 spiro atoms. The van der Waals surface area contributed by atoms with E-state index in [1.54, 1.807) is 0 Å². The largest absolute Gasteiger partial charge is 0.465 e. The van der Waals surface area contributed by atoms with Crippen LogP contribution in [0.4, 0.5) is 4.79 Å². The smallest absolute Gasteiger partial charge is 0.407 e. The molecular formula is C7H13N3O2. The molecule has 2 fully saturated rings. The van der Waals surface area contributed by atoms with Crippen LogP contribution in [0.3, 0.4) is 0 Å². The van der Waals surface area contributed by atoms with Gasteiger partial charge in [-0.2, -0.15) is 0 Å². The number of hydrogen-bond acceptors (Lipinski definition) is 3. The van der Waals surface area contributed by atoms with Gasteiger partial charge in [-0.3, -0.25) is 0 Å². The molecule has 2 atom stereocenters. The molecule has 2 bridgehead atoms. The van der Waals surface area contributed by atoms with Crippen molar-refractivity contribution < 1.29 is 9.90 Å². The van der Waals surface area contributed by atoms with Crippen LogP contribution in [0.1, 0.15) is 0 Å².